The molecule has 0 N–H and O–H groups in total. The van der Waals surface area contributed by atoms with Crippen molar-refractivity contribution in [2.45, 2.75) is 0 Å². The predicted molar refractivity (Wildman–Crippen MR) is 66.3 cm³/mol. The molecule has 0 saturated carbocycles. The highest BCUT2D eigenvalue weighted by molar-refractivity contribution is 6.35. The Morgan fingerprint density at radius 2 is 1.24 bits per heavy atom. The summed E-state index contributed by atoms with van der Waals surface area (Å²) in [5.74, 6) is 1.43. The molecule has 0 heterocycles. The minimum Gasteiger partial charge on any atom is -0.288 e. The van der Waals surface area contributed by atoms with Gasteiger partial charge in [-0.3, -0.25) is 4.79 Å². The average molecular weight is 222 g/mol. The minimum atomic E-state index is -0.299. The van der Waals surface area contributed by atoms with Crippen molar-refractivity contribution >= 4 is 17.3 Å². The molecule has 0 saturated heterocycles. The fraction of sp³-hybridized carbons (Fsp3) is 0. The molecule has 0 bridgehead atoms. The van der Waals surface area contributed by atoms with E-state index in [1.807, 2.05) is 12.1 Å². The molecule has 2 aromatic rings. The number of carbonyl (C=O) groups is 1. The van der Waals surface area contributed by atoms with E-state index in [1.165, 1.54) is 0 Å². The Kier molecular flexibility index (Phi) is 3.29. The van der Waals surface area contributed by atoms with Crippen molar-refractivity contribution in [3.05, 3.63) is 71.8 Å². The van der Waals surface area contributed by atoms with E-state index in [0.717, 1.165) is 0 Å². The second kappa shape index (κ2) is 5.06. The second-order valence-electron chi connectivity index (χ2n) is 3.54. The van der Waals surface area contributed by atoms with Crippen LogP contribution >= 0.6 is 0 Å². The maximum absolute atomic E-state index is 12.1. The zero-order valence-electron chi connectivity index (χ0n) is 9.09. The second-order valence-corrected chi connectivity index (χ2v) is 3.54. The molecule has 2 aromatic carbocycles. The lowest BCUT2D eigenvalue weighted by Crippen LogP contribution is -2.03. The van der Waals surface area contributed by atoms with Crippen LogP contribution in [-0.2, 0) is 4.79 Å². The lowest BCUT2D eigenvalue weighted by molar-refractivity contribution is 0.105. The number of ketones is 1. The third-order valence-corrected chi connectivity index (χ3v) is 2.43. The molecule has 2 nitrogen and oxygen atoms in total. The van der Waals surface area contributed by atoms with Crippen molar-refractivity contribution < 1.29 is 9.59 Å². The summed E-state index contributed by atoms with van der Waals surface area (Å²) in [5.41, 5.74) is 1.16. The van der Waals surface area contributed by atoms with Gasteiger partial charge in [-0.15, -0.1) is 0 Å². The number of Topliss-reactive ketones (excluding diaryl/α,β-unsaturated/α-hetero) is 1. The molecule has 0 aromatic heterocycles. The molecular weight excluding hydrogens is 212 g/mol. The van der Waals surface area contributed by atoms with Gasteiger partial charge in [0, 0.05) is 5.56 Å². The van der Waals surface area contributed by atoms with Crippen LogP contribution in [0.4, 0.5) is 0 Å². The lowest BCUT2D eigenvalue weighted by atomic mass is 9.98. The zero-order valence-corrected chi connectivity index (χ0v) is 9.09. The van der Waals surface area contributed by atoms with E-state index in [-0.39, 0.29) is 11.4 Å². The Morgan fingerprint density at radius 1 is 0.765 bits per heavy atom. The maximum Gasteiger partial charge on any atom is 0.204 e. The van der Waals surface area contributed by atoms with Crippen LogP contribution in [0, 0.1) is 0 Å². The van der Waals surface area contributed by atoms with Gasteiger partial charge in [0.05, 0.1) is 0 Å². The SMILES string of the molecule is O=C=C(C(=O)c1ccccc1)c1ccccc1. The third-order valence-electron chi connectivity index (χ3n) is 2.43. The highest BCUT2D eigenvalue weighted by Gasteiger charge is 2.14. The van der Waals surface area contributed by atoms with E-state index in [1.54, 1.807) is 54.5 Å². The van der Waals surface area contributed by atoms with Gasteiger partial charge in [0.15, 0.2) is 0 Å². The molecule has 0 amide bonds. The van der Waals surface area contributed by atoms with Crippen LogP contribution in [0.3, 0.4) is 0 Å². The van der Waals surface area contributed by atoms with Crippen molar-refractivity contribution in [2.75, 3.05) is 0 Å². The molecule has 0 spiro atoms. The first-order valence-electron chi connectivity index (χ1n) is 5.23. The van der Waals surface area contributed by atoms with E-state index in [4.69, 9.17) is 0 Å². The topological polar surface area (TPSA) is 34.1 Å². The Hall–Kier alpha value is -2.44. The number of hydrogen-bond donors (Lipinski definition) is 0. The van der Waals surface area contributed by atoms with Gasteiger partial charge in [-0.2, -0.15) is 0 Å². The van der Waals surface area contributed by atoms with Crippen LogP contribution in [0.2, 0.25) is 0 Å². The maximum atomic E-state index is 12.1. The van der Waals surface area contributed by atoms with Gasteiger partial charge in [0.2, 0.25) is 5.78 Å². The first kappa shape index (κ1) is 11.1. The standard InChI is InChI=1S/C15H10O2/c16-11-14(12-7-3-1-4-8-12)15(17)13-9-5-2-6-10-13/h1-10H. The van der Waals surface area contributed by atoms with Gasteiger partial charge in [0.25, 0.3) is 0 Å². The zero-order chi connectivity index (χ0) is 12.1. The fourth-order valence-corrected chi connectivity index (χ4v) is 1.58. The van der Waals surface area contributed by atoms with Crippen molar-refractivity contribution in [1.82, 2.24) is 0 Å². The van der Waals surface area contributed by atoms with E-state index in [0.29, 0.717) is 11.1 Å². The third kappa shape index (κ3) is 2.39. The lowest BCUT2D eigenvalue weighted by Gasteiger charge is -2.02. The molecule has 17 heavy (non-hydrogen) atoms. The summed E-state index contributed by atoms with van der Waals surface area (Å²) in [5, 5.41) is 0. The Morgan fingerprint density at radius 3 is 1.71 bits per heavy atom. The monoisotopic (exact) mass is 222 g/mol. The largest absolute Gasteiger partial charge is 0.288 e. The van der Waals surface area contributed by atoms with Crippen molar-refractivity contribution in [2.24, 2.45) is 0 Å². The van der Waals surface area contributed by atoms with Gasteiger partial charge in [-0.1, -0.05) is 60.7 Å². The number of allylic oxidation sites excluding steroid dienone is 1. The van der Waals surface area contributed by atoms with Crippen LogP contribution in [0.1, 0.15) is 15.9 Å². The number of rotatable bonds is 3. The summed E-state index contributed by atoms with van der Waals surface area (Å²) in [6, 6.07) is 17.6. The summed E-state index contributed by atoms with van der Waals surface area (Å²) in [6.45, 7) is 0. The molecule has 2 heteroatoms. The van der Waals surface area contributed by atoms with Gasteiger partial charge in [-0.05, 0) is 5.56 Å². The highest BCUT2D eigenvalue weighted by Crippen LogP contribution is 2.16. The predicted octanol–water partition coefficient (Wildman–Crippen LogP) is 2.78. The van der Waals surface area contributed by atoms with Crippen LogP contribution in [0.15, 0.2) is 60.7 Å². The Labute approximate surface area is 99.2 Å². The van der Waals surface area contributed by atoms with Gasteiger partial charge in [0.1, 0.15) is 11.5 Å². The number of carbonyl (C=O) groups excluding carboxylic acids is 2. The molecule has 0 atom stereocenters. The van der Waals surface area contributed by atoms with Gasteiger partial charge < -0.3 is 0 Å². The molecule has 2 rings (SSSR count). The highest BCUT2D eigenvalue weighted by atomic mass is 16.1. The molecular formula is C15H10O2. The fourth-order valence-electron chi connectivity index (χ4n) is 1.58. The van der Waals surface area contributed by atoms with E-state index >= 15 is 0 Å². The Bertz CT molecular complexity index is 564. The smallest absolute Gasteiger partial charge is 0.204 e. The van der Waals surface area contributed by atoms with Crippen LogP contribution < -0.4 is 0 Å². The van der Waals surface area contributed by atoms with Crippen molar-refractivity contribution in [1.29, 1.82) is 0 Å². The Balaban J connectivity index is 2.40. The first-order chi connectivity index (χ1) is 8.33. The van der Waals surface area contributed by atoms with Crippen molar-refractivity contribution in [3.8, 4) is 0 Å². The average Bonchev–Trinajstić information content (AvgIpc) is 2.42. The molecule has 0 unspecified atom stereocenters. The van der Waals surface area contributed by atoms with Crippen LogP contribution in [0.25, 0.3) is 5.57 Å². The molecule has 0 aliphatic rings. The summed E-state index contributed by atoms with van der Waals surface area (Å²) in [4.78, 5) is 23.0. The van der Waals surface area contributed by atoms with Gasteiger partial charge in [-0.25, -0.2) is 4.79 Å². The summed E-state index contributed by atoms with van der Waals surface area (Å²) in [7, 11) is 0. The first-order valence-corrected chi connectivity index (χ1v) is 5.23. The summed E-state index contributed by atoms with van der Waals surface area (Å²) >= 11 is 0. The quantitative estimate of drug-likeness (QED) is 0.454. The minimum absolute atomic E-state index is 0.0665. The molecule has 0 aliphatic carbocycles. The van der Waals surface area contributed by atoms with E-state index in [2.05, 4.69) is 0 Å². The molecule has 0 aliphatic heterocycles. The number of benzene rings is 2. The normalized spacial score (nSPS) is 9.41. The number of hydrogen-bond acceptors (Lipinski definition) is 2. The molecule has 82 valence electrons. The summed E-state index contributed by atoms with van der Waals surface area (Å²) in [6.07, 6.45) is 0. The van der Waals surface area contributed by atoms with Crippen LogP contribution in [0.5, 0.6) is 0 Å². The van der Waals surface area contributed by atoms with Crippen molar-refractivity contribution in [3.63, 3.8) is 0 Å². The molecule has 0 fully saturated rings. The van der Waals surface area contributed by atoms with Crippen LogP contribution in [-0.4, -0.2) is 11.7 Å². The van der Waals surface area contributed by atoms with E-state index in [9.17, 15) is 9.59 Å². The van der Waals surface area contributed by atoms with Gasteiger partial charge >= 0.3 is 0 Å². The molecule has 0 radical (unpaired) electrons. The summed E-state index contributed by atoms with van der Waals surface area (Å²) < 4.78 is 0. The van der Waals surface area contributed by atoms with E-state index < -0.39 is 0 Å².